The maximum absolute atomic E-state index is 4.80. The number of benzene rings is 2. The van der Waals surface area contributed by atoms with E-state index in [-0.39, 0.29) is 0 Å². The maximum atomic E-state index is 4.80. The van der Waals surface area contributed by atoms with Crippen LogP contribution < -0.4 is 0 Å². The van der Waals surface area contributed by atoms with Gasteiger partial charge >= 0.3 is 0 Å². The molecule has 2 aromatic carbocycles. The number of fused-ring (bicyclic) bond motifs is 1. The van der Waals surface area contributed by atoms with Crippen LogP contribution in [0.3, 0.4) is 0 Å². The predicted molar refractivity (Wildman–Crippen MR) is 97.8 cm³/mol. The Morgan fingerprint density at radius 1 is 0.957 bits per heavy atom. The molecule has 0 atom stereocenters. The number of nitrogens with zero attached hydrogens (tertiary/aromatic N) is 2. The fourth-order valence-corrected chi connectivity index (χ4v) is 4.53. The quantitative estimate of drug-likeness (QED) is 0.689. The first kappa shape index (κ1) is 14.9. The standard InChI is InChI=1S/C20H22N2S/c1-2-6-17(7-3-1)15-22-12-10-16(11-13-22)14-20-21-18-8-4-5-9-19(18)23-20/h1-9,16H,10-15H2. The van der Waals surface area contributed by atoms with Gasteiger partial charge in [-0.25, -0.2) is 4.98 Å². The van der Waals surface area contributed by atoms with Crippen LogP contribution in [0.15, 0.2) is 54.6 Å². The van der Waals surface area contributed by atoms with E-state index in [1.807, 2.05) is 11.3 Å². The lowest BCUT2D eigenvalue weighted by atomic mass is 9.93. The molecule has 4 rings (SSSR count). The molecule has 0 N–H and O–H groups in total. The van der Waals surface area contributed by atoms with Crippen LogP contribution in [-0.2, 0) is 13.0 Å². The third-order valence-electron chi connectivity index (χ3n) is 4.76. The molecule has 3 heteroatoms. The van der Waals surface area contributed by atoms with Crippen LogP contribution in [0, 0.1) is 5.92 Å². The monoisotopic (exact) mass is 322 g/mol. The molecule has 0 amide bonds. The molecule has 0 aliphatic carbocycles. The molecule has 1 aromatic heterocycles. The molecule has 2 nitrogen and oxygen atoms in total. The largest absolute Gasteiger partial charge is 0.299 e. The smallest absolute Gasteiger partial charge is 0.0941 e. The Kier molecular flexibility index (Phi) is 4.40. The van der Waals surface area contributed by atoms with Crippen molar-refractivity contribution in [1.29, 1.82) is 0 Å². The molecular weight excluding hydrogens is 300 g/mol. The molecule has 23 heavy (non-hydrogen) atoms. The van der Waals surface area contributed by atoms with E-state index in [1.54, 1.807) is 0 Å². The van der Waals surface area contributed by atoms with Crippen molar-refractivity contribution in [2.24, 2.45) is 5.92 Å². The number of hydrogen-bond acceptors (Lipinski definition) is 3. The highest BCUT2D eigenvalue weighted by atomic mass is 32.1. The first-order valence-corrected chi connectivity index (χ1v) is 9.29. The van der Waals surface area contributed by atoms with Gasteiger partial charge in [-0.15, -0.1) is 11.3 Å². The summed E-state index contributed by atoms with van der Waals surface area (Å²) in [4.78, 5) is 7.39. The van der Waals surface area contributed by atoms with E-state index < -0.39 is 0 Å². The summed E-state index contributed by atoms with van der Waals surface area (Å²) in [6, 6.07) is 19.3. The van der Waals surface area contributed by atoms with E-state index >= 15 is 0 Å². The Balaban J connectivity index is 1.32. The van der Waals surface area contributed by atoms with Crippen molar-refractivity contribution in [3.8, 4) is 0 Å². The van der Waals surface area contributed by atoms with Gasteiger partial charge < -0.3 is 0 Å². The minimum Gasteiger partial charge on any atom is -0.299 e. The van der Waals surface area contributed by atoms with Crippen molar-refractivity contribution in [2.45, 2.75) is 25.8 Å². The van der Waals surface area contributed by atoms with Crippen LogP contribution in [0.1, 0.15) is 23.4 Å². The highest BCUT2D eigenvalue weighted by molar-refractivity contribution is 7.18. The first-order chi connectivity index (χ1) is 11.4. The number of rotatable bonds is 4. The number of para-hydroxylation sites is 1. The molecule has 0 radical (unpaired) electrons. The molecule has 0 saturated carbocycles. The van der Waals surface area contributed by atoms with Gasteiger partial charge in [0.15, 0.2) is 0 Å². The number of aromatic nitrogens is 1. The van der Waals surface area contributed by atoms with E-state index in [2.05, 4.69) is 59.5 Å². The topological polar surface area (TPSA) is 16.1 Å². The molecule has 118 valence electrons. The summed E-state index contributed by atoms with van der Waals surface area (Å²) in [7, 11) is 0. The van der Waals surface area contributed by atoms with Crippen molar-refractivity contribution in [3.63, 3.8) is 0 Å². The second kappa shape index (κ2) is 6.81. The molecular formula is C20H22N2S. The Hall–Kier alpha value is -1.71. The Labute approximate surface area is 141 Å². The Bertz CT molecular complexity index is 724. The van der Waals surface area contributed by atoms with E-state index in [1.165, 1.54) is 41.2 Å². The number of hydrogen-bond donors (Lipinski definition) is 0. The highest BCUT2D eigenvalue weighted by Gasteiger charge is 2.20. The molecule has 0 unspecified atom stereocenters. The molecule has 3 aromatic rings. The average molecular weight is 322 g/mol. The fraction of sp³-hybridized carbons (Fsp3) is 0.350. The summed E-state index contributed by atoms with van der Waals surface area (Å²) in [6.45, 7) is 3.52. The second-order valence-electron chi connectivity index (χ2n) is 6.48. The molecule has 0 bridgehead atoms. The van der Waals surface area contributed by atoms with Gasteiger partial charge in [-0.3, -0.25) is 4.90 Å². The third-order valence-corrected chi connectivity index (χ3v) is 5.82. The lowest BCUT2D eigenvalue weighted by Gasteiger charge is -2.31. The zero-order valence-corrected chi connectivity index (χ0v) is 14.1. The van der Waals surface area contributed by atoms with Gasteiger partial charge in [0.25, 0.3) is 0 Å². The van der Waals surface area contributed by atoms with Crippen molar-refractivity contribution >= 4 is 21.6 Å². The van der Waals surface area contributed by atoms with E-state index in [0.29, 0.717) is 0 Å². The molecule has 0 spiro atoms. The van der Waals surface area contributed by atoms with Crippen LogP contribution in [0.5, 0.6) is 0 Å². The van der Waals surface area contributed by atoms with Gasteiger partial charge in [-0.2, -0.15) is 0 Å². The molecule has 2 heterocycles. The molecule has 1 fully saturated rings. The summed E-state index contributed by atoms with van der Waals surface area (Å²) in [5, 5.41) is 1.31. The van der Waals surface area contributed by atoms with Gasteiger partial charge in [0.1, 0.15) is 0 Å². The summed E-state index contributed by atoms with van der Waals surface area (Å²) in [5.74, 6) is 0.794. The summed E-state index contributed by atoms with van der Waals surface area (Å²) >= 11 is 1.87. The van der Waals surface area contributed by atoms with Crippen LogP contribution >= 0.6 is 11.3 Å². The van der Waals surface area contributed by atoms with Gasteiger partial charge in [0.2, 0.25) is 0 Å². The lowest BCUT2D eigenvalue weighted by Crippen LogP contribution is -2.33. The van der Waals surface area contributed by atoms with Crippen molar-refractivity contribution in [2.75, 3.05) is 13.1 Å². The Morgan fingerprint density at radius 3 is 2.48 bits per heavy atom. The van der Waals surface area contributed by atoms with Crippen LogP contribution in [0.2, 0.25) is 0 Å². The summed E-state index contributed by atoms with van der Waals surface area (Å²) < 4.78 is 1.32. The molecule has 1 aliphatic rings. The zero-order valence-electron chi connectivity index (χ0n) is 13.3. The van der Waals surface area contributed by atoms with Crippen LogP contribution in [0.25, 0.3) is 10.2 Å². The number of thiazole rings is 1. The SMILES string of the molecule is c1ccc(CN2CCC(Cc3nc4ccccc4s3)CC2)cc1. The van der Waals surface area contributed by atoms with E-state index in [0.717, 1.165) is 24.4 Å². The van der Waals surface area contributed by atoms with Crippen LogP contribution in [-0.4, -0.2) is 23.0 Å². The van der Waals surface area contributed by atoms with Gasteiger partial charge in [-0.05, 0) is 49.5 Å². The van der Waals surface area contributed by atoms with E-state index in [9.17, 15) is 0 Å². The fourth-order valence-electron chi connectivity index (χ4n) is 3.44. The average Bonchev–Trinajstić information content (AvgIpc) is 3.00. The summed E-state index contributed by atoms with van der Waals surface area (Å²) in [5.41, 5.74) is 2.59. The van der Waals surface area contributed by atoms with Crippen LogP contribution in [0.4, 0.5) is 0 Å². The van der Waals surface area contributed by atoms with Crippen molar-refractivity contribution < 1.29 is 0 Å². The van der Waals surface area contributed by atoms with Gasteiger partial charge in [-0.1, -0.05) is 42.5 Å². The first-order valence-electron chi connectivity index (χ1n) is 8.47. The van der Waals surface area contributed by atoms with Gasteiger partial charge in [0, 0.05) is 13.0 Å². The minimum absolute atomic E-state index is 0.794. The van der Waals surface area contributed by atoms with E-state index in [4.69, 9.17) is 4.98 Å². The zero-order chi connectivity index (χ0) is 15.5. The lowest BCUT2D eigenvalue weighted by molar-refractivity contribution is 0.177. The summed E-state index contributed by atoms with van der Waals surface area (Å²) in [6.07, 6.45) is 3.74. The second-order valence-corrected chi connectivity index (χ2v) is 7.60. The van der Waals surface area contributed by atoms with Crippen molar-refractivity contribution in [1.82, 2.24) is 9.88 Å². The third kappa shape index (κ3) is 3.62. The highest BCUT2D eigenvalue weighted by Crippen LogP contribution is 2.27. The number of likely N-dealkylation sites (tertiary alicyclic amines) is 1. The van der Waals surface area contributed by atoms with Crippen molar-refractivity contribution in [3.05, 3.63) is 65.2 Å². The normalized spacial score (nSPS) is 16.9. The predicted octanol–water partition coefficient (Wildman–Crippen LogP) is 4.75. The number of piperidine rings is 1. The molecule has 1 aliphatic heterocycles. The maximum Gasteiger partial charge on any atom is 0.0941 e. The minimum atomic E-state index is 0.794. The molecule has 1 saturated heterocycles. The van der Waals surface area contributed by atoms with Gasteiger partial charge in [0.05, 0.1) is 15.2 Å². The Morgan fingerprint density at radius 2 is 1.70 bits per heavy atom.